The highest BCUT2D eigenvalue weighted by Crippen LogP contribution is 2.52. The van der Waals surface area contributed by atoms with Crippen LogP contribution in [0.5, 0.6) is 5.75 Å². The predicted molar refractivity (Wildman–Crippen MR) is 129 cm³/mol. The molecule has 0 amide bonds. The molecule has 29 heavy (non-hydrogen) atoms. The molecule has 1 rings (SSSR count). The van der Waals surface area contributed by atoms with Gasteiger partial charge in [0.1, 0.15) is 5.75 Å². The summed E-state index contributed by atoms with van der Waals surface area (Å²) in [6.45, 7) is 40.4. The van der Waals surface area contributed by atoms with Gasteiger partial charge in [-0.3, -0.25) is 0 Å². The molecule has 0 N–H and O–H groups in total. The Morgan fingerprint density at radius 2 is 1.03 bits per heavy atom. The summed E-state index contributed by atoms with van der Waals surface area (Å²) in [4.78, 5) is 0. The Balaban J connectivity index is 4.49. The van der Waals surface area contributed by atoms with Crippen LogP contribution in [0, 0.1) is 12.5 Å². The summed E-state index contributed by atoms with van der Waals surface area (Å²) in [5.41, 5.74) is 6.97. The molecule has 2 radical (unpaired) electrons. The van der Waals surface area contributed by atoms with Gasteiger partial charge in [-0.1, -0.05) is 83.1 Å². The van der Waals surface area contributed by atoms with Gasteiger partial charge < -0.3 is 4.74 Å². The maximum absolute atomic E-state index is 9.13. The second-order valence-corrected chi connectivity index (χ2v) is 11.8. The van der Waals surface area contributed by atoms with Gasteiger partial charge in [0.25, 0.3) is 0 Å². The molecule has 164 valence electrons. The molecule has 0 heterocycles. The lowest BCUT2D eigenvalue weighted by Crippen LogP contribution is -2.28. The molecule has 0 spiro atoms. The van der Waals surface area contributed by atoms with Crippen molar-refractivity contribution in [3.05, 3.63) is 34.4 Å². The van der Waals surface area contributed by atoms with Gasteiger partial charge in [0, 0.05) is 11.1 Å². The maximum Gasteiger partial charge on any atom is 0.127 e. The van der Waals surface area contributed by atoms with Gasteiger partial charge in [-0.2, -0.15) is 0 Å². The molecule has 0 bridgehead atoms. The summed E-state index contributed by atoms with van der Waals surface area (Å²) in [5, 5.41) is 0. The first-order chi connectivity index (χ1) is 12.9. The fourth-order valence-corrected chi connectivity index (χ4v) is 4.34. The van der Waals surface area contributed by atoms with Crippen molar-refractivity contribution in [2.24, 2.45) is 5.92 Å². The van der Waals surface area contributed by atoms with Crippen LogP contribution >= 0.6 is 0 Å². The largest absolute Gasteiger partial charge is 0.490 e. The van der Waals surface area contributed by atoms with E-state index in [4.69, 9.17) is 11.3 Å². The zero-order valence-corrected chi connectivity index (χ0v) is 21.7. The van der Waals surface area contributed by atoms with Gasteiger partial charge in [-0.05, 0) is 71.3 Å². The van der Waals surface area contributed by atoms with Crippen LogP contribution < -0.4 is 4.74 Å². The number of allylic oxidation sites excluding steroid dienone is 1. The molecule has 1 nitrogen and oxygen atoms in total. The van der Waals surface area contributed by atoms with Crippen molar-refractivity contribution >= 4 is 5.57 Å². The number of benzene rings is 1. The summed E-state index contributed by atoms with van der Waals surface area (Å²) in [6.07, 6.45) is 0.104. The summed E-state index contributed by atoms with van der Waals surface area (Å²) in [5.74, 6) is 1.88. The fourth-order valence-electron chi connectivity index (χ4n) is 4.34. The van der Waals surface area contributed by atoms with Crippen LogP contribution in [-0.4, -0.2) is 6.10 Å². The summed E-state index contributed by atoms with van der Waals surface area (Å²) in [6, 6.07) is 0. The molecule has 0 aromatic heterocycles. The second kappa shape index (κ2) is 8.86. The summed E-state index contributed by atoms with van der Waals surface area (Å²) < 4.78 is 6.64. The highest BCUT2D eigenvalue weighted by Gasteiger charge is 2.37. The molecule has 0 aliphatic carbocycles. The Hall–Kier alpha value is -1.24. The molecular weight excluding hydrogens is 352 g/mol. The third-order valence-electron chi connectivity index (χ3n) is 5.39. The van der Waals surface area contributed by atoms with Gasteiger partial charge in [0.2, 0.25) is 0 Å². The summed E-state index contributed by atoms with van der Waals surface area (Å²) >= 11 is 0. The molecule has 0 aliphatic heterocycles. The van der Waals surface area contributed by atoms with Crippen LogP contribution in [-0.2, 0) is 10.8 Å². The minimum Gasteiger partial charge on any atom is -0.490 e. The number of rotatable bonds is 6. The Labute approximate surface area is 182 Å². The lowest BCUT2D eigenvalue weighted by atomic mass is 9.67. The van der Waals surface area contributed by atoms with Crippen LogP contribution in [0.4, 0.5) is 0 Å². The van der Waals surface area contributed by atoms with E-state index in [2.05, 4.69) is 96.9 Å². The molecule has 0 fully saturated rings. The molecule has 0 saturated carbocycles. The van der Waals surface area contributed by atoms with Crippen molar-refractivity contribution in [1.82, 2.24) is 0 Å². The van der Waals surface area contributed by atoms with Crippen molar-refractivity contribution in [3.8, 4) is 5.75 Å². The van der Waals surface area contributed by atoms with E-state index in [-0.39, 0.29) is 22.9 Å². The van der Waals surface area contributed by atoms with Crippen LogP contribution in [0.2, 0.25) is 0 Å². The average molecular weight is 399 g/mol. The molecule has 1 aromatic rings. The van der Waals surface area contributed by atoms with Crippen LogP contribution in [0.25, 0.3) is 5.57 Å². The molecule has 0 atom stereocenters. The van der Waals surface area contributed by atoms with Gasteiger partial charge in [-0.25, -0.2) is 0 Å². The number of hydrogen-bond donors (Lipinski definition) is 0. The lowest BCUT2D eigenvalue weighted by molar-refractivity contribution is 0.229. The topological polar surface area (TPSA) is 9.23 Å². The first-order valence-corrected chi connectivity index (χ1v) is 11.4. The van der Waals surface area contributed by atoms with E-state index in [0.29, 0.717) is 11.8 Å². The Morgan fingerprint density at radius 1 is 0.690 bits per heavy atom. The number of hydrogen-bond acceptors (Lipinski definition) is 1. The molecule has 0 unspecified atom stereocenters. The highest BCUT2D eigenvalue weighted by molar-refractivity contribution is 5.77. The van der Waals surface area contributed by atoms with Crippen molar-refractivity contribution in [3.63, 3.8) is 0 Å². The first-order valence-electron chi connectivity index (χ1n) is 11.4. The molecular formula is C28H46O. The SMILES string of the molecule is [C]=C(c1c(C(C)C)c(C(C)(C)C)c(OC(C)C)c(C(C)(C)C)c1C(C)C)C(C)C. The van der Waals surface area contributed by atoms with E-state index in [1.54, 1.807) is 0 Å². The molecule has 0 saturated heterocycles. The Kier molecular flexibility index (Phi) is 7.88. The Bertz CT molecular complexity index is 684. The van der Waals surface area contributed by atoms with E-state index in [9.17, 15) is 0 Å². The monoisotopic (exact) mass is 398 g/mol. The van der Waals surface area contributed by atoms with E-state index in [0.717, 1.165) is 11.3 Å². The van der Waals surface area contributed by atoms with Crippen molar-refractivity contribution in [2.75, 3.05) is 0 Å². The maximum atomic E-state index is 9.13. The van der Waals surface area contributed by atoms with Crippen molar-refractivity contribution in [2.45, 2.75) is 126 Å². The molecule has 0 aliphatic rings. The van der Waals surface area contributed by atoms with Crippen LogP contribution in [0.3, 0.4) is 0 Å². The van der Waals surface area contributed by atoms with E-state index in [1.807, 2.05) is 0 Å². The average Bonchev–Trinajstić information content (AvgIpc) is 2.49. The van der Waals surface area contributed by atoms with E-state index in [1.165, 1.54) is 27.8 Å². The smallest absolute Gasteiger partial charge is 0.127 e. The van der Waals surface area contributed by atoms with Crippen molar-refractivity contribution in [1.29, 1.82) is 0 Å². The minimum absolute atomic E-state index is 0.0780. The predicted octanol–water partition coefficient (Wildman–Crippen LogP) is 8.66. The van der Waals surface area contributed by atoms with E-state index < -0.39 is 0 Å². The quantitative estimate of drug-likeness (QED) is 0.465. The minimum atomic E-state index is -0.0780. The van der Waals surface area contributed by atoms with Crippen LogP contribution in [0.1, 0.15) is 137 Å². The molecule has 1 heteroatoms. The van der Waals surface area contributed by atoms with E-state index >= 15 is 0 Å². The van der Waals surface area contributed by atoms with Gasteiger partial charge in [0.15, 0.2) is 0 Å². The molecule has 1 aromatic carbocycles. The van der Waals surface area contributed by atoms with Crippen LogP contribution in [0.15, 0.2) is 0 Å². The Morgan fingerprint density at radius 3 is 1.24 bits per heavy atom. The normalized spacial score (nSPS) is 13.2. The van der Waals surface area contributed by atoms with Gasteiger partial charge >= 0.3 is 0 Å². The third-order valence-corrected chi connectivity index (χ3v) is 5.39. The standard InChI is InChI=1S/C28H46O/c1-16(2)20(9)23-21(17(3)4)24(27(10,11)12)26(29-19(7)8)25(28(13,14)15)22(23)18(5)6/h16-19H,1-8,10-15H3. The zero-order valence-electron chi connectivity index (χ0n) is 21.7. The zero-order chi connectivity index (χ0) is 23.1. The highest BCUT2D eigenvalue weighted by atomic mass is 16.5. The van der Waals surface area contributed by atoms with Crippen molar-refractivity contribution < 1.29 is 4.74 Å². The van der Waals surface area contributed by atoms with Gasteiger partial charge in [0.05, 0.1) is 6.10 Å². The van der Waals surface area contributed by atoms with Gasteiger partial charge in [-0.15, -0.1) is 0 Å². The first kappa shape index (κ1) is 25.8. The lowest BCUT2D eigenvalue weighted by Gasteiger charge is -2.39. The second-order valence-electron chi connectivity index (χ2n) is 11.8. The number of ether oxygens (including phenoxy) is 1. The summed E-state index contributed by atoms with van der Waals surface area (Å²) in [7, 11) is 0. The fraction of sp³-hybridized carbons (Fsp3) is 0.714. The third kappa shape index (κ3) is 5.47.